The van der Waals surface area contributed by atoms with Crippen LogP contribution in [-0.2, 0) is 12.8 Å². The Balaban J connectivity index is 2.51. The Bertz CT molecular complexity index is 273. The van der Waals surface area contributed by atoms with E-state index in [1.807, 2.05) is 6.20 Å². The van der Waals surface area contributed by atoms with Crippen LogP contribution in [-0.4, -0.2) is 11.5 Å². The predicted octanol–water partition coefficient (Wildman–Crippen LogP) is 2.15. The number of nitrogens with two attached hydrogens (primary N) is 1. The van der Waals surface area contributed by atoms with Gasteiger partial charge in [0.05, 0.1) is 6.20 Å². The topological polar surface area (TPSA) is 52.0 Å². The van der Waals surface area contributed by atoms with Crippen LogP contribution in [0, 0.1) is 5.41 Å². The number of aromatic nitrogens is 1. The van der Waals surface area contributed by atoms with Crippen molar-refractivity contribution in [2.75, 3.05) is 6.54 Å². The Morgan fingerprint density at radius 3 is 2.71 bits per heavy atom. The lowest BCUT2D eigenvalue weighted by molar-refractivity contribution is 0.351. The minimum atomic E-state index is 0.255. The summed E-state index contributed by atoms with van der Waals surface area (Å²) in [5.41, 5.74) is 5.67. The quantitative estimate of drug-likeness (QED) is 0.802. The molecule has 3 heteroatoms. The third-order valence-corrected chi connectivity index (χ3v) is 1.90. The number of nitrogens with zero attached hydrogens (tertiary/aromatic N) is 1. The first-order valence-electron chi connectivity index (χ1n) is 5.15. The van der Waals surface area contributed by atoms with Crippen molar-refractivity contribution in [2.45, 2.75) is 40.0 Å². The highest BCUT2D eigenvalue weighted by molar-refractivity contribution is 4.97. The smallest absolute Gasteiger partial charge is 0.194 e. The summed E-state index contributed by atoms with van der Waals surface area (Å²) in [4.78, 5) is 4.22. The molecule has 0 aromatic carbocycles. The molecule has 1 rings (SSSR count). The van der Waals surface area contributed by atoms with Gasteiger partial charge in [0.2, 0.25) is 0 Å². The largest absolute Gasteiger partial charge is 0.446 e. The van der Waals surface area contributed by atoms with E-state index in [1.54, 1.807) is 0 Å². The van der Waals surface area contributed by atoms with Crippen LogP contribution in [0.3, 0.4) is 0 Å². The fourth-order valence-corrected chi connectivity index (χ4v) is 1.32. The zero-order chi connectivity index (χ0) is 10.6. The van der Waals surface area contributed by atoms with Crippen LogP contribution in [0.2, 0.25) is 0 Å². The average molecular weight is 196 g/mol. The maximum Gasteiger partial charge on any atom is 0.194 e. The standard InChI is InChI=1S/C11H20N2O/c1-11(2,3)7-9-8-13-10(14-9)5-4-6-12/h8H,4-7,12H2,1-3H3. The zero-order valence-electron chi connectivity index (χ0n) is 9.34. The minimum absolute atomic E-state index is 0.255. The van der Waals surface area contributed by atoms with Crippen LogP contribution < -0.4 is 5.73 Å². The van der Waals surface area contributed by atoms with Crippen molar-refractivity contribution in [2.24, 2.45) is 11.1 Å². The molecular formula is C11H20N2O. The van der Waals surface area contributed by atoms with Gasteiger partial charge in [-0.2, -0.15) is 0 Å². The van der Waals surface area contributed by atoms with Crippen molar-refractivity contribution in [1.29, 1.82) is 0 Å². The maximum absolute atomic E-state index is 5.60. The molecule has 1 aromatic heterocycles. The molecule has 0 saturated carbocycles. The van der Waals surface area contributed by atoms with Crippen molar-refractivity contribution < 1.29 is 4.42 Å². The average Bonchev–Trinajstić information content (AvgIpc) is 2.46. The van der Waals surface area contributed by atoms with E-state index in [4.69, 9.17) is 10.2 Å². The zero-order valence-corrected chi connectivity index (χ0v) is 9.34. The summed E-state index contributed by atoms with van der Waals surface area (Å²) in [6.45, 7) is 7.26. The van der Waals surface area contributed by atoms with E-state index in [1.165, 1.54) is 0 Å². The van der Waals surface area contributed by atoms with Crippen molar-refractivity contribution >= 4 is 0 Å². The van der Waals surface area contributed by atoms with Gasteiger partial charge in [-0.15, -0.1) is 0 Å². The summed E-state index contributed by atoms with van der Waals surface area (Å²) >= 11 is 0. The van der Waals surface area contributed by atoms with Gasteiger partial charge in [0.15, 0.2) is 5.89 Å². The molecule has 0 amide bonds. The summed E-state index contributed by atoms with van der Waals surface area (Å²) in [6.07, 6.45) is 4.55. The molecule has 14 heavy (non-hydrogen) atoms. The number of rotatable bonds is 4. The van der Waals surface area contributed by atoms with Gasteiger partial charge < -0.3 is 10.2 Å². The molecule has 1 heterocycles. The molecular weight excluding hydrogens is 176 g/mol. The predicted molar refractivity (Wildman–Crippen MR) is 57.0 cm³/mol. The monoisotopic (exact) mass is 196 g/mol. The normalized spacial score (nSPS) is 12.0. The first-order valence-corrected chi connectivity index (χ1v) is 5.15. The highest BCUT2D eigenvalue weighted by Crippen LogP contribution is 2.21. The van der Waals surface area contributed by atoms with E-state index < -0.39 is 0 Å². The van der Waals surface area contributed by atoms with Gasteiger partial charge in [-0.25, -0.2) is 4.98 Å². The molecule has 0 spiro atoms. The fourth-order valence-electron chi connectivity index (χ4n) is 1.32. The SMILES string of the molecule is CC(C)(C)Cc1cnc(CCCN)o1. The van der Waals surface area contributed by atoms with Gasteiger partial charge in [-0.05, 0) is 18.4 Å². The molecule has 0 aliphatic rings. The molecule has 0 aliphatic carbocycles. The highest BCUT2D eigenvalue weighted by Gasteiger charge is 2.14. The van der Waals surface area contributed by atoms with Crippen LogP contribution in [0.15, 0.2) is 10.6 Å². The summed E-state index contributed by atoms with van der Waals surface area (Å²) in [5.74, 6) is 1.79. The van der Waals surface area contributed by atoms with Gasteiger partial charge in [0, 0.05) is 12.8 Å². The van der Waals surface area contributed by atoms with E-state index in [2.05, 4.69) is 25.8 Å². The molecule has 80 valence electrons. The van der Waals surface area contributed by atoms with Crippen molar-refractivity contribution in [1.82, 2.24) is 4.98 Å². The van der Waals surface area contributed by atoms with Crippen LogP contribution in [0.25, 0.3) is 0 Å². The van der Waals surface area contributed by atoms with Crippen molar-refractivity contribution in [3.8, 4) is 0 Å². The number of oxazole rings is 1. The lowest BCUT2D eigenvalue weighted by Crippen LogP contribution is -2.08. The molecule has 0 saturated heterocycles. The van der Waals surface area contributed by atoms with Gasteiger partial charge in [-0.3, -0.25) is 0 Å². The molecule has 0 radical (unpaired) electrons. The Morgan fingerprint density at radius 2 is 2.14 bits per heavy atom. The fraction of sp³-hybridized carbons (Fsp3) is 0.727. The minimum Gasteiger partial charge on any atom is -0.446 e. The Kier molecular flexibility index (Phi) is 3.69. The number of hydrogen-bond acceptors (Lipinski definition) is 3. The van der Waals surface area contributed by atoms with Crippen LogP contribution >= 0.6 is 0 Å². The third-order valence-electron chi connectivity index (χ3n) is 1.90. The van der Waals surface area contributed by atoms with Crippen molar-refractivity contribution in [3.63, 3.8) is 0 Å². The lowest BCUT2D eigenvalue weighted by atomic mass is 9.91. The second-order valence-corrected chi connectivity index (χ2v) is 4.85. The first-order chi connectivity index (χ1) is 6.51. The molecule has 3 nitrogen and oxygen atoms in total. The van der Waals surface area contributed by atoms with Crippen LogP contribution in [0.1, 0.15) is 38.8 Å². The highest BCUT2D eigenvalue weighted by atomic mass is 16.4. The molecule has 0 bridgehead atoms. The van der Waals surface area contributed by atoms with E-state index in [0.29, 0.717) is 6.54 Å². The number of aryl methyl sites for hydroxylation is 1. The van der Waals surface area contributed by atoms with E-state index in [0.717, 1.165) is 30.9 Å². The molecule has 2 N–H and O–H groups in total. The third kappa shape index (κ3) is 3.92. The Labute approximate surface area is 85.7 Å². The first kappa shape index (κ1) is 11.2. The lowest BCUT2D eigenvalue weighted by Gasteiger charge is -2.15. The van der Waals surface area contributed by atoms with Gasteiger partial charge >= 0.3 is 0 Å². The molecule has 1 aromatic rings. The number of hydrogen-bond donors (Lipinski definition) is 1. The summed E-state index contributed by atoms with van der Waals surface area (Å²) in [6, 6.07) is 0. The maximum atomic E-state index is 5.60. The summed E-state index contributed by atoms with van der Waals surface area (Å²) < 4.78 is 5.60. The van der Waals surface area contributed by atoms with Crippen LogP contribution in [0.4, 0.5) is 0 Å². The van der Waals surface area contributed by atoms with E-state index in [-0.39, 0.29) is 5.41 Å². The van der Waals surface area contributed by atoms with E-state index in [9.17, 15) is 0 Å². The summed E-state index contributed by atoms with van der Waals surface area (Å²) in [7, 11) is 0. The Morgan fingerprint density at radius 1 is 1.43 bits per heavy atom. The Hall–Kier alpha value is -0.830. The van der Waals surface area contributed by atoms with Gasteiger partial charge in [-0.1, -0.05) is 20.8 Å². The molecule has 0 fully saturated rings. The van der Waals surface area contributed by atoms with Gasteiger partial charge in [0.1, 0.15) is 5.76 Å². The second kappa shape index (κ2) is 4.60. The second-order valence-electron chi connectivity index (χ2n) is 4.85. The van der Waals surface area contributed by atoms with Gasteiger partial charge in [0.25, 0.3) is 0 Å². The molecule has 0 unspecified atom stereocenters. The summed E-state index contributed by atoms with van der Waals surface area (Å²) in [5, 5.41) is 0. The molecule has 0 atom stereocenters. The van der Waals surface area contributed by atoms with E-state index >= 15 is 0 Å². The van der Waals surface area contributed by atoms with Crippen molar-refractivity contribution in [3.05, 3.63) is 17.8 Å². The van der Waals surface area contributed by atoms with Crippen LogP contribution in [0.5, 0.6) is 0 Å². The molecule has 0 aliphatic heterocycles.